The zero-order chi connectivity index (χ0) is 32.8. The fourth-order valence-electron chi connectivity index (χ4n) is 7.34. The van der Waals surface area contributed by atoms with E-state index in [1.54, 1.807) is 25.3 Å². The van der Waals surface area contributed by atoms with Gasteiger partial charge >= 0.3 is 0 Å². The molecule has 8 nitrogen and oxygen atoms in total. The van der Waals surface area contributed by atoms with Gasteiger partial charge in [-0.3, -0.25) is 4.79 Å². The number of nitrogens with zero attached hydrogens (tertiary/aromatic N) is 1. The minimum absolute atomic E-state index is 0.0898. The molecule has 1 amide bonds. The topological polar surface area (TPSA) is 94.2 Å². The van der Waals surface area contributed by atoms with E-state index >= 15 is 0 Å². The molecule has 2 bridgehead atoms. The molecular weight excluding hydrogens is 624 g/mol. The normalized spacial score (nSPS) is 27.7. The quantitative estimate of drug-likeness (QED) is 0.276. The van der Waals surface area contributed by atoms with Crippen molar-refractivity contribution in [3.63, 3.8) is 0 Å². The molecule has 0 spiro atoms. The predicted octanol–water partition coefficient (Wildman–Crippen LogP) is 6.80. The van der Waals surface area contributed by atoms with E-state index in [-0.39, 0.29) is 17.9 Å². The van der Waals surface area contributed by atoms with E-state index in [0.29, 0.717) is 54.4 Å². The molecule has 252 valence electrons. The lowest BCUT2D eigenvalue weighted by Gasteiger charge is -2.44. The molecule has 0 saturated heterocycles. The van der Waals surface area contributed by atoms with E-state index in [2.05, 4.69) is 21.8 Å². The van der Waals surface area contributed by atoms with Gasteiger partial charge in [-0.05, 0) is 104 Å². The fraction of sp³-hybridized carbons (Fsp3) is 0.583. The van der Waals surface area contributed by atoms with Gasteiger partial charge in [-0.2, -0.15) is 0 Å². The Morgan fingerprint density at radius 3 is 2.65 bits per heavy atom. The summed E-state index contributed by atoms with van der Waals surface area (Å²) in [5, 5.41) is -0.0290. The third-order valence-electron chi connectivity index (χ3n) is 9.83. The summed E-state index contributed by atoms with van der Waals surface area (Å²) in [6.07, 6.45) is 9.63. The van der Waals surface area contributed by atoms with Crippen LogP contribution < -0.4 is 14.4 Å². The maximum atomic E-state index is 13.7. The second-order valence-electron chi connectivity index (χ2n) is 13.4. The van der Waals surface area contributed by atoms with Gasteiger partial charge < -0.3 is 19.1 Å². The first-order valence-electron chi connectivity index (χ1n) is 16.7. The lowest BCUT2D eigenvalue weighted by atomic mass is 9.70. The highest BCUT2D eigenvalue weighted by Crippen LogP contribution is 2.42. The number of fused-ring (bicyclic) bond motifs is 3. The molecule has 2 aromatic rings. The Labute approximate surface area is 279 Å². The van der Waals surface area contributed by atoms with Crippen molar-refractivity contribution in [3.8, 4) is 5.75 Å². The molecule has 2 heterocycles. The molecule has 2 aromatic carbocycles. The Morgan fingerprint density at radius 1 is 1.09 bits per heavy atom. The van der Waals surface area contributed by atoms with Gasteiger partial charge in [-0.15, -0.1) is 0 Å². The molecule has 10 heteroatoms. The molecule has 1 saturated carbocycles. The molecule has 0 radical (unpaired) electrons. The lowest BCUT2D eigenvalue weighted by molar-refractivity contribution is -0.0308. The molecule has 1 fully saturated rings. The number of amides is 1. The van der Waals surface area contributed by atoms with Crippen molar-refractivity contribution in [3.05, 3.63) is 70.3 Å². The van der Waals surface area contributed by atoms with Gasteiger partial charge in [0.1, 0.15) is 12.4 Å². The Kier molecular flexibility index (Phi) is 11.7. The highest BCUT2D eigenvalue weighted by atomic mass is 35.5. The van der Waals surface area contributed by atoms with Crippen LogP contribution >= 0.6 is 11.6 Å². The van der Waals surface area contributed by atoms with Gasteiger partial charge in [0.15, 0.2) is 0 Å². The van der Waals surface area contributed by atoms with Crippen molar-refractivity contribution in [1.82, 2.24) is 4.72 Å². The van der Waals surface area contributed by atoms with Crippen LogP contribution in [0.2, 0.25) is 5.02 Å². The number of ether oxygens (including phenoxy) is 3. The summed E-state index contributed by atoms with van der Waals surface area (Å²) < 4.78 is 48.0. The van der Waals surface area contributed by atoms with Crippen LogP contribution in [0.4, 0.5) is 5.69 Å². The lowest BCUT2D eigenvalue weighted by Crippen LogP contribution is -2.45. The summed E-state index contributed by atoms with van der Waals surface area (Å²) in [5.41, 5.74) is 3.37. The summed E-state index contributed by atoms with van der Waals surface area (Å²) >= 11 is 6.35. The van der Waals surface area contributed by atoms with Crippen molar-refractivity contribution in [1.29, 1.82) is 0 Å². The zero-order valence-electron chi connectivity index (χ0n) is 27.5. The third-order valence-corrected chi connectivity index (χ3v) is 12.3. The number of benzene rings is 2. The zero-order valence-corrected chi connectivity index (χ0v) is 29.1. The number of methoxy groups -OCH3 is 1. The Morgan fingerprint density at radius 2 is 1.91 bits per heavy atom. The van der Waals surface area contributed by atoms with E-state index in [4.69, 9.17) is 25.8 Å². The Bertz CT molecular complexity index is 1500. The number of allylic oxidation sites excluding steroid dienone is 1. The minimum atomic E-state index is -3.97. The van der Waals surface area contributed by atoms with Crippen LogP contribution in [0.15, 0.2) is 48.6 Å². The van der Waals surface area contributed by atoms with Crippen molar-refractivity contribution in [2.45, 2.75) is 77.3 Å². The van der Waals surface area contributed by atoms with Gasteiger partial charge in [0.05, 0.1) is 30.3 Å². The summed E-state index contributed by atoms with van der Waals surface area (Å²) in [4.78, 5) is 15.9. The van der Waals surface area contributed by atoms with E-state index in [1.807, 2.05) is 39.0 Å². The van der Waals surface area contributed by atoms with Crippen LogP contribution in [0.1, 0.15) is 74.4 Å². The summed E-state index contributed by atoms with van der Waals surface area (Å²) in [6, 6.07) is 11.2. The average Bonchev–Trinajstić information content (AvgIpc) is 3.01. The molecular formula is C36H49ClN2O6S. The fourth-order valence-corrected chi connectivity index (χ4v) is 9.49. The van der Waals surface area contributed by atoms with E-state index in [0.717, 1.165) is 56.4 Å². The monoisotopic (exact) mass is 672 g/mol. The van der Waals surface area contributed by atoms with E-state index in [1.165, 1.54) is 5.56 Å². The number of hydrogen-bond acceptors (Lipinski definition) is 7. The van der Waals surface area contributed by atoms with Crippen LogP contribution in [0.25, 0.3) is 0 Å². The number of halogens is 1. The van der Waals surface area contributed by atoms with Gasteiger partial charge in [-0.25, -0.2) is 13.1 Å². The van der Waals surface area contributed by atoms with Crippen LogP contribution in [-0.2, 0) is 32.5 Å². The number of anilines is 1. The number of aryl methyl sites for hydroxylation is 1. The van der Waals surface area contributed by atoms with Crippen molar-refractivity contribution >= 4 is 33.2 Å². The molecule has 46 heavy (non-hydrogen) atoms. The number of nitrogens with one attached hydrogen (secondary N) is 1. The first kappa shape index (κ1) is 34.7. The van der Waals surface area contributed by atoms with E-state index < -0.39 is 21.2 Å². The second-order valence-corrected chi connectivity index (χ2v) is 15.7. The predicted molar refractivity (Wildman–Crippen MR) is 183 cm³/mol. The summed E-state index contributed by atoms with van der Waals surface area (Å²) in [5.74, 6) is 0.359. The van der Waals surface area contributed by atoms with E-state index in [9.17, 15) is 13.2 Å². The number of carbonyl (C=O) groups excluding carboxylic acids is 1. The van der Waals surface area contributed by atoms with Crippen molar-refractivity contribution < 1.29 is 27.4 Å². The van der Waals surface area contributed by atoms with Gasteiger partial charge in [-0.1, -0.05) is 50.6 Å². The standard InChI is InChI=1S/C36H49ClN2O6S/c1-24(2)35-25(3)8-7-10-33(44-19-18-43-4)31-15-12-28(31)22-39-17-6-5-9-26-20-30(37)14-11-29(26)23-45-34-16-13-27(21-32(34)39)36(40)38-46(35,41)42/h7,10-11,13-14,16,20-21,24-25,28,31,33,35H,5-6,8-9,12,15,17-19,22-23H2,1-4H3,(H,38,40)/b10-7+/t25-,28+,31-,33+,35+/m1/s1. The SMILES string of the molecule is COCCO[C@H]1/C=C/C[C@@H](C)[C@H](C(C)C)S(=O)(=O)NC(=O)c2ccc3c(c2)N(CCCCc2cc(Cl)ccc2CO3)C[C@@H]2CC[C@H]21. The molecule has 1 aliphatic carbocycles. The van der Waals surface area contributed by atoms with Crippen molar-refractivity contribution in [2.24, 2.45) is 23.7 Å². The Hall–Kier alpha value is -2.59. The van der Waals surface area contributed by atoms with Crippen molar-refractivity contribution in [2.75, 3.05) is 38.3 Å². The highest BCUT2D eigenvalue weighted by molar-refractivity contribution is 7.90. The Balaban J connectivity index is 1.55. The number of sulfonamides is 1. The number of hydrogen-bond donors (Lipinski definition) is 1. The molecule has 0 unspecified atom stereocenters. The van der Waals surface area contributed by atoms with Crippen LogP contribution in [0.3, 0.4) is 0 Å². The minimum Gasteiger partial charge on any atom is -0.487 e. The summed E-state index contributed by atoms with van der Waals surface area (Å²) in [7, 11) is -2.30. The molecule has 3 aliphatic rings. The largest absolute Gasteiger partial charge is 0.487 e. The van der Waals surface area contributed by atoms with Crippen LogP contribution in [0, 0.1) is 23.7 Å². The van der Waals surface area contributed by atoms with Crippen LogP contribution in [0.5, 0.6) is 5.75 Å². The summed E-state index contributed by atoms with van der Waals surface area (Å²) in [6.45, 7) is 8.66. The first-order chi connectivity index (χ1) is 22.1. The average molecular weight is 673 g/mol. The molecule has 1 N–H and O–H groups in total. The van der Waals surface area contributed by atoms with Gasteiger partial charge in [0, 0.05) is 30.8 Å². The van der Waals surface area contributed by atoms with Gasteiger partial charge in [0.25, 0.3) is 5.91 Å². The first-order valence-corrected chi connectivity index (χ1v) is 18.6. The maximum Gasteiger partial charge on any atom is 0.264 e. The maximum absolute atomic E-state index is 13.7. The number of rotatable bonds is 5. The van der Waals surface area contributed by atoms with Crippen LogP contribution in [-0.4, -0.2) is 59.1 Å². The third kappa shape index (κ3) is 8.27. The molecule has 5 rings (SSSR count). The molecule has 5 atom stereocenters. The second kappa shape index (κ2) is 15.5. The molecule has 0 aromatic heterocycles. The smallest absolute Gasteiger partial charge is 0.264 e. The molecule has 2 aliphatic heterocycles. The highest BCUT2D eigenvalue weighted by Gasteiger charge is 2.39. The van der Waals surface area contributed by atoms with Gasteiger partial charge in [0.2, 0.25) is 10.0 Å². The number of carbonyl (C=O) groups is 1.